The van der Waals surface area contributed by atoms with E-state index in [1.54, 1.807) is 0 Å². The highest BCUT2D eigenvalue weighted by Gasteiger charge is 2.11. The molecule has 1 aromatic rings. The van der Waals surface area contributed by atoms with E-state index in [1.807, 2.05) is 0 Å². The molecule has 0 aliphatic heterocycles. The van der Waals surface area contributed by atoms with Crippen LogP contribution in [0.3, 0.4) is 0 Å². The molecule has 27 heavy (non-hydrogen) atoms. The van der Waals surface area contributed by atoms with E-state index in [-0.39, 0.29) is 0 Å². The predicted octanol–water partition coefficient (Wildman–Crippen LogP) is 7.20. The molecule has 142 valence electrons. The molecular formula is C26H33N. The lowest BCUT2D eigenvalue weighted by Crippen LogP contribution is -2.12. The molecular weight excluding hydrogens is 326 g/mol. The van der Waals surface area contributed by atoms with Gasteiger partial charge in [0.15, 0.2) is 0 Å². The summed E-state index contributed by atoms with van der Waals surface area (Å²) in [5, 5.41) is 3.58. The van der Waals surface area contributed by atoms with Crippen molar-refractivity contribution in [2.75, 3.05) is 0 Å². The predicted molar refractivity (Wildman–Crippen MR) is 120 cm³/mol. The van der Waals surface area contributed by atoms with Gasteiger partial charge in [0.05, 0.1) is 0 Å². The third-order valence-corrected chi connectivity index (χ3v) is 5.03. The maximum Gasteiger partial charge on any atom is 0.0335 e. The minimum atomic E-state index is 0.525. The number of rotatable bonds is 8. The average Bonchev–Trinajstić information content (AvgIpc) is 2.74. The van der Waals surface area contributed by atoms with Crippen LogP contribution < -0.4 is 5.32 Å². The van der Waals surface area contributed by atoms with Crippen molar-refractivity contribution in [2.45, 2.75) is 40.5 Å². The van der Waals surface area contributed by atoms with E-state index in [2.05, 4.69) is 118 Å². The van der Waals surface area contributed by atoms with Gasteiger partial charge in [0.2, 0.25) is 0 Å². The lowest BCUT2D eigenvalue weighted by Gasteiger charge is -2.18. The van der Waals surface area contributed by atoms with Gasteiger partial charge in [-0.05, 0) is 61.8 Å². The summed E-state index contributed by atoms with van der Waals surface area (Å²) in [5.74, 6) is 1.12. The van der Waals surface area contributed by atoms with Crippen molar-refractivity contribution >= 4 is 5.57 Å². The summed E-state index contributed by atoms with van der Waals surface area (Å²) < 4.78 is 0. The molecule has 1 N–H and O–H groups in total. The van der Waals surface area contributed by atoms with Crippen LogP contribution in [0.5, 0.6) is 0 Å². The van der Waals surface area contributed by atoms with E-state index in [4.69, 9.17) is 0 Å². The Morgan fingerprint density at radius 3 is 2.59 bits per heavy atom. The smallest absolute Gasteiger partial charge is 0.0335 e. The zero-order valence-electron chi connectivity index (χ0n) is 17.2. The van der Waals surface area contributed by atoms with Crippen LogP contribution in [0.2, 0.25) is 0 Å². The minimum Gasteiger partial charge on any atom is -0.359 e. The lowest BCUT2D eigenvalue weighted by atomic mass is 9.88. The average molecular weight is 360 g/mol. The summed E-state index contributed by atoms with van der Waals surface area (Å²) >= 11 is 0. The van der Waals surface area contributed by atoms with Crippen molar-refractivity contribution in [1.82, 2.24) is 5.32 Å². The Labute approximate surface area is 165 Å². The van der Waals surface area contributed by atoms with Crippen LogP contribution in [0.1, 0.15) is 46.1 Å². The number of nitrogens with one attached hydrogen (secondary N) is 1. The van der Waals surface area contributed by atoms with Gasteiger partial charge in [-0.1, -0.05) is 86.7 Å². The van der Waals surface area contributed by atoms with Crippen molar-refractivity contribution in [3.63, 3.8) is 0 Å². The molecule has 0 saturated carbocycles. The fourth-order valence-electron chi connectivity index (χ4n) is 3.05. The molecule has 2 rings (SSSR count). The van der Waals surface area contributed by atoms with Crippen LogP contribution >= 0.6 is 0 Å². The van der Waals surface area contributed by atoms with Crippen LogP contribution in [0.15, 0.2) is 96.4 Å². The topological polar surface area (TPSA) is 12.0 Å². The van der Waals surface area contributed by atoms with E-state index in [1.165, 1.54) is 16.8 Å². The van der Waals surface area contributed by atoms with Crippen molar-refractivity contribution in [1.29, 1.82) is 0 Å². The van der Waals surface area contributed by atoms with Crippen molar-refractivity contribution in [3.05, 3.63) is 102 Å². The van der Waals surface area contributed by atoms with Gasteiger partial charge in [-0.25, -0.2) is 0 Å². The molecule has 0 bridgehead atoms. The Morgan fingerprint density at radius 2 is 1.96 bits per heavy atom. The summed E-state index contributed by atoms with van der Waals surface area (Å²) in [7, 11) is 0. The fraction of sp³-hybridized carbons (Fsp3) is 0.308. The molecule has 1 aliphatic carbocycles. The number of allylic oxidation sites excluding steroid dienone is 11. The van der Waals surface area contributed by atoms with E-state index < -0.39 is 0 Å². The van der Waals surface area contributed by atoms with Gasteiger partial charge in [0, 0.05) is 11.4 Å². The summed E-state index contributed by atoms with van der Waals surface area (Å²) in [6, 6.07) is 10.5. The molecule has 1 aliphatic rings. The Balaban J connectivity index is 2.01. The van der Waals surface area contributed by atoms with E-state index >= 15 is 0 Å². The summed E-state index contributed by atoms with van der Waals surface area (Å²) in [5.41, 5.74) is 4.90. The molecule has 1 heteroatoms. The highest BCUT2D eigenvalue weighted by molar-refractivity contribution is 5.65. The molecule has 1 nitrogen and oxygen atoms in total. The number of hydrogen-bond acceptors (Lipinski definition) is 1. The molecule has 0 aromatic heterocycles. The first-order valence-electron chi connectivity index (χ1n) is 10.0. The van der Waals surface area contributed by atoms with Crippen molar-refractivity contribution < 1.29 is 0 Å². The zero-order chi connectivity index (χ0) is 19.5. The van der Waals surface area contributed by atoms with Crippen LogP contribution in [0, 0.1) is 11.8 Å². The Morgan fingerprint density at radius 1 is 1.19 bits per heavy atom. The molecule has 2 unspecified atom stereocenters. The van der Waals surface area contributed by atoms with Crippen LogP contribution in [-0.2, 0) is 0 Å². The molecule has 2 atom stereocenters. The first-order valence-corrected chi connectivity index (χ1v) is 10.0. The third-order valence-electron chi connectivity index (χ3n) is 5.03. The molecule has 0 fully saturated rings. The van der Waals surface area contributed by atoms with Gasteiger partial charge in [-0.2, -0.15) is 0 Å². The van der Waals surface area contributed by atoms with Crippen molar-refractivity contribution in [3.8, 4) is 0 Å². The van der Waals surface area contributed by atoms with Crippen LogP contribution in [0.4, 0.5) is 0 Å². The number of benzene rings is 1. The van der Waals surface area contributed by atoms with Gasteiger partial charge >= 0.3 is 0 Å². The highest BCUT2D eigenvalue weighted by atomic mass is 14.9. The van der Waals surface area contributed by atoms with Gasteiger partial charge in [-0.15, -0.1) is 0 Å². The molecule has 0 radical (unpaired) electrons. The zero-order valence-corrected chi connectivity index (χ0v) is 17.2. The van der Waals surface area contributed by atoms with E-state index in [0.29, 0.717) is 11.8 Å². The van der Waals surface area contributed by atoms with Crippen molar-refractivity contribution in [2.24, 2.45) is 11.8 Å². The summed E-state index contributed by atoms with van der Waals surface area (Å²) in [6.45, 7) is 8.71. The highest BCUT2D eigenvalue weighted by Crippen LogP contribution is 2.22. The molecule has 1 aromatic carbocycles. The Kier molecular flexibility index (Phi) is 8.64. The molecule has 0 amide bonds. The first-order chi connectivity index (χ1) is 13.1. The van der Waals surface area contributed by atoms with Gasteiger partial charge in [0.25, 0.3) is 0 Å². The maximum atomic E-state index is 3.58. The largest absolute Gasteiger partial charge is 0.359 e. The van der Waals surface area contributed by atoms with Gasteiger partial charge in [-0.3, -0.25) is 0 Å². The second-order valence-electron chi connectivity index (χ2n) is 7.06. The van der Waals surface area contributed by atoms with Crippen LogP contribution in [0.25, 0.3) is 5.57 Å². The standard InChI is InChI=1S/C26H33N/c1-5-25(19-17-21(3)23-13-9-7-10-14-23)27-26(6-2)20-18-22(4)24-15-11-8-12-16-24/h5,7-13,15-21,23,27H,6,14H2,1-4H3/b19-17-,22-18+,25-5+,26-20+. The monoisotopic (exact) mass is 359 g/mol. The molecule has 0 saturated heterocycles. The Hall–Kier alpha value is -2.54. The van der Waals surface area contributed by atoms with E-state index in [9.17, 15) is 0 Å². The first kappa shape index (κ1) is 20.8. The maximum absolute atomic E-state index is 3.58. The normalized spacial score (nSPS) is 19.6. The minimum absolute atomic E-state index is 0.525. The van der Waals surface area contributed by atoms with E-state index in [0.717, 1.165) is 18.5 Å². The third kappa shape index (κ3) is 6.94. The second-order valence-corrected chi connectivity index (χ2v) is 7.06. The quantitative estimate of drug-likeness (QED) is 0.484. The number of hydrogen-bond donors (Lipinski definition) is 1. The second kappa shape index (κ2) is 11.2. The molecule has 0 heterocycles. The molecule has 0 spiro atoms. The van der Waals surface area contributed by atoms with Gasteiger partial charge in [0.1, 0.15) is 0 Å². The SMILES string of the molecule is C/C=C(\C=C/C(C)C1C=CC=CC1)N/C(=C/C=C(\C)c1ccccc1)CC. The fourth-order valence-corrected chi connectivity index (χ4v) is 3.05. The Bertz CT molecular complexity index is 757. The van der Waals surface area contributed by atoms with Gasteiger partial charge < -0.3 is 5.32 Å². The summed E-state index contributed by atoms with van der Waals surface area (Å²) in [6.07, 6.45) is 22.0. The van der Waals surface area contributed by atoms with Crippen LogP contribution in [-0.4, -0.2) is 0 Å². The lowest BCUT2D eigenvalue weighted by molar-refractivity contribution is 0.514. The summed E-state index contributed by atoms with van der Waals surface area (Å²) in [4.78, 5) is 0.